The fourth-order valence-corrected chi connectivity index (χ4v) is 0.730. The second-order valence-electron chi connectivity index (χ2n) is 2.34. The average molecular weight is 151 g/mol. The van der Waals surface area contributed by atoms with E-state index in [1.54, 1.807) is 0 Å². The quantitative estimate of drug-likeness (QED) is 0.343. The third-order valence-corrected chi connectivity index (χ3v) is 1.37. The van der Waals surface area contributed by atoms with E-state index in [1.807, 2.05) is 0 Å². The smallest absolute Gasteiger partial charge is 0.243 e. The molecule has 0 spiro atoms. The van der Waals surface area contributed by atoms with Crippen LogP contribution in [-0.4, -0.2) is 20.3 Å². The first-order chi connectivity index (χ1) is 5.31. The molecule has 0 aliphatic heterocycles. The lowest BCUT2D eigenvalue weighted by Crippen LogP contribution is -2.21. The number of rotatable bonds is 6. The molecule has 0 aromatic heterocycles. The van der Waals surface area contributed by atoms with Crippen molar-refractivity contribution in [3.05, 3.63) is 12.7 Å². The normalized spacial score (nSPS) is 9.09. The number of hydrogen-bond donors (Lipinski definition) is 1. The summed E-state index contributed by atoms with van der Waals surface area (Å²) in [7, 11) is 5.29. The highest BCUT2D eigenvalue weighted by atomic mass is 16.1. The van der Waals surface area contributed by atoms with Crippen molar-refractivity contribution in [1.82, 2.24) is 5.32 Å². The van der Waals surface area contributed by atoms with E-state index in [0.29, 0.717) is 0 Å². The topological polar surface area (TPSA) is 29.1 Å². The second kappa shape index (κ2) is 7.38. The van der Waals surface area contributed by atoms with Gasteiger partial charge in [0.15, 0.2) is 0 Å². The first kappa shape index (κ1) is 10.3. The van der Waals surface area contributed by atoms with Gasteiger partial charge in [-0.15, -0.1) is 0 Å². The first-order valence-corrected chi connectivity index (χ1v) is 3.91. The standard InChI is InChI=1S/C8H14BNO/c1-2-8(11)10-7-5-3-4-6-9/h2H,1,3-7H2,(H,10,11). The first-order valence-electron chi connectivity index (χ1n) is 3.91. The molecular formula is C8H14BNO. The number of carbonyl (C=O) groups excluding carboxylic acids is 1. The second-order valence-corrected chi connectivity index (χ2v) is 2.34. The Bertz CT molecular complexity index is 125. The molecule has 0 bridgehead atoms. The third kappa shape index (κ3) is 7.17. The van der Waals surface area contributed by atoms with Gasteiger partial charge in [0.1, 0.15) is 0 Å². The summed E-state index contributed by atoms with van der Waals surface area (Å²) in [5, 5.41) is 2.69. The van der Waals surface area contributed by atoms with Crippen molar-refractivity contribution in [2.45, 2.75) is 25.6 Å². The van der Waals surface area contributed by atoms with E-state index in [0.717, 1.165) is 32.1 Å². The maximum absolute atomic E-state index is 10.6. The van der Waals surface area contributed by atoms with E-state index < -0.39 is 0 Å². The molecule has 0 saturated heterocycles. The Balaban J connectivity index is 3.01. The van der Waals surface area contributed by atoms with Crippen LogP contribution in [0.15, 0.2) is 12.7 Å². The fourth-order valence-electron chi connectivity index (χ4n) is 0.730. The van der Waals surface area contributed by atoms with Crippen LogP contribution in [0, 0.1) is 0 Å². The Morgan fingerprint density at radius 3 is 2.73 bits per heavy atom. The Kier molecular flexibility index (Phi) is 6.90. The van der Waals surface area contributed by atoms with Gasteiger partial charge in [-0.25, -0.2) is 0 Å². The van der Waals surface area contributed by atoms with Crippen LogP contribution in [0.3, 0.4) is 0 Å². The van der Waals surface area contributed by atoms with Gasteiger partial charge < -0.3 is 5.32 Å². The van der Waals surface area contributed by atoms with Crippen molar-refractivity contribution in [2.75, 3.05) is 6.54 Å². The van der Waals surface area contributed by atoms with Crippen molar-refractivity contribution in [3.63, 3.8) is 0 Å². The summed E-state index contributed by atoms with van der Waals surface area (Å²) >= 11 is 0. The Morgan fingerprint density at radius 2 is 2.18 bits per heavy atom. The van der Waals surface area contributed by atoms with Crippen LogP contribution >= 0.6 is 0 Å². The summed E-state index contributed by atoms with van der Waals surface area (Å²) in [5.41, 5.74) is 0. The minimum absolute atomic E-state index is 0.0993. The van der Waals surface area contributed by atoms with E-state index in [-0.39, 0.29) is 5.91 Å². The number of nitrogens with one attached hydrogen (secondary N) is 1. The summed E-state index contributed by atoms with van der Waals surface area (Å²) in [5.74, 6) is -0.0993. The molecule has 0 heterocycles. The molecule has 0 atom stereocenters. The van der Waals surface area contributed by atoms with Gasteiger partial charge in [-0.1, -0.05) is 25.7 Å². The lowest BCUT2D eigenvalue weighted by Gasteiger charge is -2.00. The lowest BCUT2D eigenvalue weighted by molar-refractivity contribution is -0.116. The van der Waals surface area contributed by atoms with Crippen LogP contribution in [0.1, 0.15) is 19.3 Å². The zero-order chi connectivity index (χ0) is 8.53. The highest BCUT2D eigenvalue weighted by Crippen LogP contribution is 1.95. The molecule has 2 radical (unpaired) electrons. The molecule has 0 aromatic carbocycles. The molecule has 1 N–H and O–H groups in total. The molecule has 0 aliphatic carbocycles. The largest absolute Gasteiger partial charge is 0.353 e. The molecule has 11 heavy (non-hydrogen) atoms. The summed E-state index contributed by atoms with van der Waals surface area (Å²) in [6, 6.07) is 0. The van der Waals surface area contributed by atoms with E-state index in [4.69, 9.17) is 7.85 Å². The van der Waals surface area contributed by atoms with Crippen molar-refractivity contribution >= 4 is 13.8 Å². The van der Waals surface area contributed by atoms with Crippen molar-refractivity contribution in [2.24, 2.45) is 0 Å². The number of amides is 1. The van der Waals surface area contributed by atoms with Gasteiger partial charge in [0.2, 0.25) is 5.91 Å². The summed E-state index contributed by atoms with van der Waals surface area (Å²) < 4.78 is 0. The molecule has 1 amide bonds. The van der Waals surface area contributed by atoms with Gasteiger partial charge in [-0.2, -0.15) is 0 Å². The van der Waals surface area contributed by atoms with Crippen LogP contribution in [-0.2, 0) is 4.79 Å². The predicted molar refractivity (Wildman–Crippen MR) is 47.6 cm³/mol. The SMILES string of the molecule is [B]CCCCCNC(=O)C=C. The number of hydrogen-bond acceptors (Lipinski definition) is 1. The molecule has 0 saturated carbocycles. The number of unbranched alkanes of at least 4 members (excludes halogenated alkanes) is 2. The molecule has 2 nitrogen and oxygen atoms in total. The fraction of sp³-hybridized carbons (Fsp3) is 0.625. The molecule has 0 rings (SSSR count). The zero-order valence-corrected chi connectivity index (χ0v) is 6.81. The maximum Gasteiger partial charge on any atom is 0.243 e. The lowest BCUT2D eigenvalue weighted by atomic mass is 9.99. The Labute approximate surface area is 69.5 Å². The molecule has 3 heteroatoms. The summed E-state index contributed by atoms with van der Waals surface area (Å²) in [6.07, 6.45) is 5.12. The molecule has 0 fully saturated rings. The molecular weight excluding hydrogens is 137 g/mol. The average Bonchev–Trinajstić information content (AvgIpc) is 2.04. The molecule has 0 aromatic rings. The van der Waals surface area contributed by atoms with Crippen LogP contribution < -0.4 is 5.32 Å². The minimum Gasteiger partial charge on any atom is -0.353 e. The maximum atomic E-state index is 10.6. The van der Waals surface area contributed by atoms with Crippen LogP contribution in [0.25, 0.3) is 0 Å². The third-order valence-electron chi connectivity index (χ3n) is 1.37. The Morgan fingerprint density at radius 1 is 1.45 bits per heavy atom. The van der Waals surface area contributed by atoms with Gasteiger partial charge in [0, 0.05) is 6.54 Å². The van der Waals surface area contributed by atoms with E-state index >= 15 is 0 Å². The minimum atomic E-state index is -0.0993. The summed E-state index contributed by atoms with van der Waals surface area (Å²) in [4.78, 5) is 10.6. The van der Waals surface area contributed by atoms with Gasteiger partial charge in [-0.05, 0) is 12.5 Å². The monoisotopic (exact) mass is 151 g/mol. The van der Waals surface area contributed by atoms with Gasteiger partial charge in [0.05, 0.1) is 7.85 Å². The van der Waals surface area contributed by atoms with E-state index in [9.17, 15) is 4.79 Å². The highest BCUT2D eigenvalue weighted by molar-refractivity contribution is 6.08. The van der Waals surface area contributed by atoms with Crippen LogP contribution in [0.5, 0.6) is 0 Å². The van der Waals surface area contributed by atoms with Crippen molar-refractivity contribution in [1.29, 1.82) is 0 Å². The van der Waals surface area contributed by atoms with E-state index in [1.165, 1.54) is 6.08 Å². The molecule has 0 unspecified atom stereocenters. The molecule has 0 aliphatic rings. The van der Waals surface area contributed by atoms with Gasteiger partial charge in [-0.3, -0.25) is 4.79 Å². The van der Waals surface area contributed by atoms with E-state index in [2.05, 4.69) is 11.9 Å². The zero-order valence-electron chi connectivity index (χ0n) is 6.81. The predicted octanol–water partition coefficient (Wildman–Crippen LogP) is 1.05. The van der Waals surface area contributed by atoms with Gasteiger partial charge in [0.25, 0.3) is 0 Å². The van der Waals surface area contributed by atoms with Crippen LogP contribution in [0.2, 0.25) is 6.32 Å². The summed E-state index contributed by atoms with van der Waals surface area (Å²) in [6.45, 7) is 4.07. The van der Waals surface area contributed by atoms with Crippen molar-refractivity contribution in [3.8, 4) is 0 Å². The van der Waals surface area contributed by atoms with Gasteiger partial charge >= 0.3 is 0 Å². The van der Waals surface area contributed by atoms with Crippen molar-refractivity contribution < 1.29 is 4.79 Å². The number of carbonyl (C=O) groups is 1. The molecule has 60 valence electrons. The highest BCUT2D eigenvalue weighted by Gasteiger charge is 1.91. The Hall–Kier alpha value is -0.725. The van der Waals surface area contributed by atoms with Crippen LogP contribution in [0.4, 0.5) is 0 Å².